The van der Waals surface area contributed by atoms with Crippen LogP contribution in [0.15, 0.2) is 0 Å². The van der Waals surface area contributed by atoms with Crippen molar-refractivity contribution in [2.45, 2.75) is 155 Å². The summed E-state index contributed by atoms with van der Waals surface area (Å²) in [5.74, 6) is 1.61. The van der Waals surface area contributed by atoms with Gasteiger partial charge in [0.25, 0.3) is 0 Å². The maximum absolute atomic E-state index is 13.2. The number of hydrogen-bond acceptors (Lipinski definition) is 4. The maximum atomic E-state index is 13.2. The van der Waals surface area contributed by atoms with Crippen LogP contribution in [0, 0.1) is 29.1 Å². The highest BCUT2D eigenvalue weighted by Gasteiger charge is 2.36. The zero-order valence-corrected chi connectivity index (χ0v) is 23.1. The lowest BCUT2D eigenvalue weighted by molar-refractivity contribution is -0.134. The molecule has 0 aliphatic heterocycles. The molecule has 0 bridgehead atoms. The molecule has 0 amide bonds. The van der Waals surface area contributed by atoms with E-state index in [1.165, 1.54) is 25.7 Å². The summed E-state index contributed by atoms with van der Waals surface area (Å²) in [7, 11) is 0. The first-order valence-corrected chi connectivity index (χ1v) is 15.1. The lowest BCUT2D eigenvalue weighted by Crippen LogP contribution is -2.36. The summed E-state index contributed by atoms with van der Waals surface area (Å²) in [5, 5.41) is 0. The fourth-order valence-corrected chi connectivity index (χ4v) is 7.31. The minimum atomic E-state index is 0.120. The van der Waals surface area contributed by atoms with Crippen molar-refractivity contribution < 1.29 is 19.1 Å². The summed E-state index contributed by atoms with van der Waals surface area (Å²) in [6.45, 7) is 8.77. The Labute approximate surface area is 214 Å². The van der Waals surface area contributed by atoms with E-state index >= 15 is 0 Å². The van der Waals surface area contributed by atoms with E-state index in [2.05, 4.69) is 13.8 Å². The van der Waals surface area contributed by atoms with Crippen molar-refractivity contribution >= 4 is 11.6 Å². The van der Waals surface area contributed by atoms with Crippen molar-refractivity contribution in [1.82, 2.24) is 0 Å². The quantitative estimate of drug-likeness (QED) is 0.356. The fourth-order valence-electron chi connectivity index (χ4n) is 7.31. The van der Waals surface area contributed by atoms with Gasteiger partial charge in [-0.1, -0.05) is 27.7 Å². The van der Waals surface area contributed by atoms with Gasteiger partial charge in [0.1, 0.15) is 11.6 Å². The van der Waals surface area contributed by atoms with Crippen molar-refractivity contribution in [1.29, 1.82) is 0 Å². The normalized spacial score (nSPS) is 36.7. The van der Waals surface area contributed by atoms with Crippen LogP contribution in [0.1, 0.15) is 130 Å². The summed E-state index contributed by atoms with van der Waals surface area (Å²) in [6.07, 6.45) is 18.9. The highest BCUT2D eigenvalue weighted by atomic mass is 16.5. The molecule has 35 heavy (non-hydrogen) atoms. The van der Waals surface area contributed by atoms with Gasteiger partial charge >= 0.3 is 0 Å². The topological polar surface area (TPSA) is 52.6 Å². The third-order valence-electron chi connectivity index (χ3n) is 9.85. The van der Waals surface area contributed by atoms with E-state index in [9.17, 15) is 9.59 Å². The molecule has 4 heteroatoms. The summed E-state index contributed by atoms with van der Waals surface area (Å²) in [5.41, 5.74) is 0.502. The minimum absolute atomic E-state index is 0.120. The molecule has 0 unspecified atom stereocenters. The van der Waals surface area contributed by atoms with Crippen LogP contribution in [0.2, 0.25) is 0 Å². The van der Waals surface area contributed by atoms with Crippen LogP contribution >= 0.6 is 0 Å². The van der Waals surface area contributed by atoms with Crippen molar-refractivity contribution in [2.24, 2.45) is 29.1 Å². The largest absolute Gasteiger partial charge is 0.375 e. The zero-order valence-electron chi connectivity index (χ0n) is 23.1. The van der Waals surface area contributed by atoms with E-state index in [1.807, 2.05) is 13.8 Å². The molecule has 4 nitrogen and oxygen atoms in total. The molecule has 4 rings (SSSR count). The van der Waals surface area contributed by atoms with Gasteiger partial charge in [-0.2, -0.15) is 0 Å². The lowest BCUT2D eigenvalue weighted by atomic mass is 9.72. The van der Waals surface area contributed by atoms with Crippen LogP contribution in [0.4, 0.5) is 0 Å². The van der Waals surface area contributed by atoms with Gasteiger partial charge in [-0.3, -0.25) is 9.59 Å². The van der Waals surface area contributed by atoms with Gasteiger partial charge in [-0.15, -0.1) is 0 Å². The number of Topliss-reactive ketones (excluding diaryl/α,β-unsaturated/α-hetero) is 2. The minimum Gasteiger partial charge on any atom is -0.375 e. The van der Waals surface area contributed by atoms with E-state index in [0.717, 1.165) is 77.0 Å². The standard InChI is InChI=1S/C31H52O4/c1-21(2)29(32)22-5-7-23(8-6-22)30(33)24-9-11-25(12-10-24)34-26-13-15-27(16-14-26)35-28-17-19-31(3,4)20-18-28/h21-28H,5-20H2,1-4H3. The molecule has 0 aromatic rings. The van der Waals surface area contributed by atoms with Gasteiger partial charge in [-0.05, 0) is 108 Å². The SMILES string of the molecule is CC(C)C(=O)C1CCC(C(=O)C2CCC(OC3CCC(OC4CCC(C)(C)CC4)CC3)CC2)CC1. The molecule has 0 atom stereocenters. The van der Waals surface area contributed by atoms with Gasteiger partial charge in [0.15, 0.2) is 0 Å². The van der Waals surface area contributed by atoms with E-state index in [0.29, 0.717) is 41.4 Å². The second-order valence-corrected chi connectivity index (χ2v) is 13.5. The maximum Gasteiger partial charge on any atom is 0.139 e. The van der Waals surface area contributed by atoms with Gasteiger partial charge in [0.05, 0.1) is 24.4 Å². The predicted molar refractivity (Wildman–Crippen MR) is 140 cm³/mol. The van der Waals surface area contributed by atoms with E-state index < -0.39 is 0 Å². The van der Waals surface area contributed by atoms with Crippen LogP contribution < -0.4 is 0 Å². The summed E-state index contributed by atoms with van der Waals surface area (Å²) >= 11 is 0. The zero-order chi connectivity index (χ0) is 25.0. The number of rotatable bonds is 8. The molecule has 4 saturated carbocycles. The van der Waals surface area contributed by atoms with Crippen molar-refractivity contribution in [3.63, 3.8) is 0 Å². The first-order chi connectivity index (χ1) is 16.7. The number of ketones is 2. The summed E-state index contributed by atoms with van der Waals surface area (Å²) < 4.78 is 13.0. The van der Waals surface area contributed by atoms with Crippen LogP contribution in [-0.4, -0.2) is 36.0 Å². The average molecular weight is 489 g/mol. The van der Waals surface area contributed by atoms with Crippen LogP contribution in [0.3, 0.4) is 0 Å². The molecule has 0 aromatic carbocycles. The molecule has 0 radical (unpaired) electrons. The second-order valence-electron chi connectivity index (χ2n) is 13.5. The van der Waals surface area contributed by atoms with Crippen LogP contribution in [0.5, 0.6) is 0 Å². The number of hydrogen-bond donors (Lipinski definition) is 0. The number of carbonyl (C=O) groups is 2. The van der Waals surface area contributed by atoms with E-state index in [1.54, 1.807) is 0 Å². The highest BCUT2D eigenvalue weighted by molar-refractivity contribution is 5.85. The third-order valence-corrected chi connectivity index (χ3v) is 9.85. The van der Waals surface area contributed by atoms with Gasteiger partial charge in [-0.25, -0.2) is 0 Å². The Kier molecular flexibility index (Phi) is 9.52. The van der Waals surface area contributed by atoms with Gasteiger partial charge in [0, 0.05) is 23.7 Å². The van der Waals surface area contributed by atoms with Crippen molar-refractivity contribution in [3.8, 4) is 0 Å². The van der Waals surface area contributed by atoms with Gasteiger partial charge < -0.3 is 9.47 Å². The van der Waals surface area contributed by atoms with Crippen molar-refractivity contribution in [2.75, 3.05) is 0 Å². The monoisotopic (exact) mass is 488 g/mol. The molecule has 200 valence electrons. The molecule has 0 heterocycles. The fraction of sp³-hybridized carbons (Fsp3) is 0.935. The molecule has 4 aliphatic rings. The van der Waals surface area contributed by atoms with E-state index in [4.69, 9.17) is 9.47 Å². The van der Waals surface area contributed by atoms with Crippen molar-refractivity contribution in [3.05, 3.63) is 0 Å². The van der Waals surface area contributed by atoms with Crippen LogP contribution in [0.25, 0.3) is 0 Å². The first-order valence-electron chi connectivity index (χ1n) is 15.1. The molecule has 0 spiro atoms. The third kappa shape index (κ3) is 7.63. The Balaban J connectivity index is 1.11. The Hall–Kier alpha value is -0.740. The molecule has 0 saturated heterocycles. The second kappa shape index (κ2) is 12.2. The Bertz CT molecular complexity index is 679. The molecule has 0 N–H and O–H groups in total. The average Bonchev–Trinajstić information content (AvgIpc) is 2.86. The molecule has 4 fully saturated rings. The molecule has 4 aliphatic carbocycles. The molecule has 0 aromatic heterocycles. The summed E-state index contributed by atoms with van der Waals surface area (Å²) in [6, 6.07) is 0. The van der Waals surface area contributed by atoms with Crippen LogP contribution in [-0.2, 0) is 19.1 Å². The Morgan fingerprint density at radius 3 is 1.34 bits per heavy atom. The number of ether oxygens (including phenoxy) is 2. The Morgan fingerprint density at radius 2 is 0.914 bits per heavy atom. The smallest absolute Gasteiger partial charge is 0.139 e. The number of carbonyl (C=O) groups excluding carboxylic acids is 2. The molecular weight excluding hydrogens is 436 g/mol. The first kappa shape index (κ1) is 27.3. The predicted octanol–water partition coefficient (Wildman–Crippen LogP) is 7.46. The lowest BCUT2D eigenvalue weighted by Gasteiger charge is -2.38. The summed E-state index contributed by atoms with van der Waals surface area (Å²) in [4.78, 5) is 25.5. The Morgan fingerprint density at radius 1 is 0.571 bits per heavy atom. The van der Waals surface area contributed by atoms with Gasteiger partial charge in [0.2, 0.25) is 0 Å². The molecular formula is C31H52O4. The highest BCUT2D eigenvalue weighted by Crippen LogP contribution is 2.39. The van der Waals surface area contributed by atoms with E-state index in [-0.39, 0.29) is 23.7 Å².